The Bertz CT molecular complexity index is 908. The zero-order chi connectivity index (χ0) is 18.7. The van der Waals surface area contributed by atoms with Gasteiger partial charge in [0, 0.05) is 42.2 Å². The highest BCUT2D eigenvalue weighted by atomic mass is 35.5. The van der Waals surface area contributed by atoms with Gasteiger partial charge in [-0.2, -0.15) is 0 Å². The van der Waals surface area contributed by atoms with Gasteiger partial charge in [0.15, 0.2) is 0 Å². The Morgan fingerprint density at radius 2 is 1.88 bits per heavy atom. The summed E-state index contributed by atoms with van der Waals surface area (Å²) in [5.74, 6) is 0.746. The molecular weight excluding hydrogens is 371 g/mol. The van der Waals surface area contributed by atoms with Crippen LogP contribution in [0.4, 0.5) is 10.5 Å². The van der Waals surface area contributed by atoms with E-state index in [2.05, 4.69) is 10.3 Å². The van der Waals surface area contributed by atoms with Crippen LogP contribution < -0.4 is 5.32 Å². The van der Waals surface area contributed by atoms with Crippen LogP contribution in [0.15, 0.2) is 60.9 Å². The van der Waals surface area contributed by atoms with Gasteiger partial charge in [-0.3, -0.25) is 0 Å². The average molecular weight is 389 g/mol. The summed E-state index contributed by atoms with van der Waals surface area (Å²) in [6.45, 7) is 0. The van der Waals surface area contributed by atoms with Gasteiger partial charge in [-0.1, -0.05) is 41.4 Å². The minimum absolute atomic E-state index is 0.268. The number of urea groups is 1. The van der Waals surface area contributed by atoms with E-state index in [1.54, 1.807) is 54.5 Å². The van der Waals surface area contributed by atoms with Gasteiger partial charge in [0.05, 0.1) is 0 Å². The third-order valence-corrected chi connectivity index (χ3v) is 4.56. The summed E-state index contributed by atoms with van der Waals surface area (Å²) in [4.78, 5) is 18.9. The van der Waals surface area contributed by atoms with Crippen molar-refractivity contribution < 1.29 is 4.79 Å². The predicted octanol–water partition coefficient (Wildman–Crippen LogP) is 4.98. The number of nitrogens with zero attached hydrogens (tertiary/aromatic N) is 3. The van der Waals surface area contributed by atoms with Crippen LogP contribution in [0.5, 0.6) is 0 Å². The second-order valence-electron chi connectivity index (χ2n) is 5.90. The van der Waals surface area contributed by atoms with Crippen molar-refractivity contribution in [2.24, 2.45) is 7.05 Å². The summed E-state index contributed by atoms with van der Waals surface area (Å²) in [5, 5.41) is 4.06. The Balaban J connectivity index is 1.92. The third kappa shape index (κ3) is 4.00. The lowest BCUT2D eigenvalue weighted by molar-refractivity contribution is 0.209. The summed E-state index contributed by atoms with van der Waals surface area (Å²) in [5.41, 5.74) is 1.54. The number of amides is 2. The zero-order valence-corrected chi connectivity index (χ0v) is 15.9. The molecule has 0 spiro atoms. The molecule has 0 bridgehead atoms. The molecular formula is C19H18Cl2N4O. The number of rotatable bonds is 4. The van der Waals surface area contributed by atoms with Crippen LogP contribution in [0.2, 0.25) is 10.0 Å². The number of hydrogen-bond donors (Lipinski definition) is 1. The van der Waals surface area contributed by atoms with Crippen molar-refractivity contribution in [1.82, 2.24) is 14.5 Å². The number of imidazole rings is 1. The van der Waals surface area contributed by atoms with Crippen LogP contribution in [0.3, 0.4) is 0 Å². The first-order chi connectivity index (χ1) is 12.5. The van der Waals surface area contributed by atoms with Crippen molar-refractivity contribution in [1.29, 1.82) is 0 Å². The molecule has 0 aliphatic heterocycles. The Morgan fingerprint density at radius 3 is 2.50 bits per heavy atom. The van der Waals surface area contributed by atoms with Crippen molar-refractivity contribution in [2.45, 2.75) is 6.04 Å². The number of nitrogens with one attached hydrogen (secondary N) is 1. The number of carbonyl (C=O) groups is 1. The molecule has 1 N–H and O–H groups in total. The maximum absolute atomic E-state index is 12.8. The normalized spacial score (nSPS) is 11.8. The number of benzene rings is 2. The van der Waals surface area contributed by atoms with Crippen molar-refractivity contribution in [2.75, 3.05) is 12.4 Å². The first-order valence-corrected chi connectivity index (χ1v) is 8.73. The molecule has 26 heavy (non-hydrogen) atoms. The van der Waals surface area contributed by atoms with Crippen LogP contribution in [-0.4, -0.2) is 27.5 Å². The molecule has 1 heterocycles. The third-order valence-electron chi connectivity index (χ3n) is 4.07. The number of aromatic nitrogens is 2. The molecule has 0 saturated carbocycles. The van der Waals surface area contributed by atoms with Gasteiger partial charge in [0.25, 0.3) is 0 Å². The van der Waals surface area contributed by atoms with E-state index >= 15 is 0 Å². The van der Waals surface area contributed by atoms with Gasteiger partial charge in [-0.15, -0.1) is 0 Å². The fraction of sp³-hybridized carbons (Fsp3) is 0.158. The van der Waals surface area contributed by atoms with E-state index in [4.69, 9.17) is 23.2 Å². The Labute approximate surface area is 162 Å². The minimum atomic E-state index is -0.369. The Morgan fingerprint density at radius 1 is 1.15 bits per heavy atom. The smallest absolute Gasteiger partial charge is 0.322 e. The Kier molecular flexibility index (Phi) is 5.49. The van der Waals surface area contributed by atoms with Gasteiger partial charge in [0.1, 0.15) is 11.9 Å². The molecule has 1 unspecified atom stereocenters. The number of anilines is 1. The van der Waals surface area contributed by atoms with Crippen LogP contribution in [-0.2, 0) is 7.05 Å². The molecule has 3 rings (SSSR count). The van der Waals surface area contributed by atoms with E-state index in [0.717, 1.165) is 11.4 Å². The van der Waals surface area contributed by atoms with E-state index in [1.807, 2.05) is 29.9 Å². The molecule has 0 radical (unpaired) electrons. The van der Waals surface area contributed by atoms with Crippen LogP contribution in [0.25, 0.3) is 0 Å². The highest BCUT2D eigenvalue weighted by molar-refractivity contribution is 6.31. The Hall–Kier alpha value is -2.50. The van der Waals surface area contributed by atoms with E-state index in [0.29, 0.717) is 15.7 Å². The fourth-order valence-corrected chi connectivity index (χ4v) is 3.04. The maximum atomic E-state index is 12.8. The minimum Gasteiger partial charge on any atom is -0.336 e. The second-order valence-corrected chi connectivity index (χ2v) is 6.77. The number of halogens is 2. The first-order valence-electron chi connectivity index (χ1n) is 7.98. The van der Waals surface area contributed by atoms with E-state index in [1.165, 1.54) is 0 Å². The highest BCUT2D eigenvalue weighted by Gasteiger charge is 2.27. The van der Waals surface area contributed by atoms with Gasteiger partial charge in [-0.25, -0.2) is 9.78 Å². The van der Waals surface area contributed by atoms with Crippen LogP contribution in [0.1, 0.15) is 17.4 Å². The highest BCUT2D eigenvalue weighted by Crippen LogP contribution is 2.28. The average Bonchev–Trinajstić information content (AvgIpc) is 3.02. The molecule has 1 atom stereocenters. The lowest BCUT2D eigenvalue weighted by atomic mass is 10.1. The standard InChI is InChI=1S/C19H18Cl2N4O/c1-24-11-10-22-18(24)17(13-6-8-14(20)9-7-13)25(2)19(26)23-16-5-3-4-15(21)12-16/h3-12,17H,1-2H3,(H,23,26). The topological polar surface area (TPSA) is 50.2 Å². The SMILES string of the molecule is CN(C(=O)Nc1cccc(Cl)c1)C(c1ccc(Cl)cc1)c1nccn1C. The summed E-state index contributed by atoms with van der Waals surface area (Å²) >= 11 is 12.0. The quantitative estimate of drug-likeness (QED) is 0.684. The molecule has 2 amide bonds. The van der Waals surface area contributed by atoms with Crippen LogP contribution >= 0.6 is 23.2 Å². The molecule has 5 nitrogen and oxygen atoms in total. The van der Waals surface area contributed by atoms with Crippen molar-refractivity contribution in [3.63, 3.8) is 0 Å². The molecule has 2 aromatic carbocycles. The molecule has 7 heteroatoms. The lowest BCUT2D eigenvalue weighted by Gasteiger charge is -2.28. The molecule has 0 aliphatic rings. The van der Waals surface area contributed by atoms with Crippen molar-refractivity contribution in [3.8, 4) is 0 Å². The second kappa shape index (κ2) is 7.81. The molecule has 134 valence electrons. The van der Waals surface area contributed by atoms with E-state index < -0.39 is 0 Å². The van der Waals surface area contributed by atoms with Gasteiger partial charge in [0.2, 0.25) is 0 Å². The lowest BCUT2D eigenvalue weighted by Crippen LogP contribution is -2.36. The van der Waals surface area contributed by atoms with Gasteiger partial charge >= 0.3 is 6.03 Å². The van der Waals surface area contributed by atoms with Crippen molar-refractivity contribution in [3.05, 3.63) is 82.4 Å². The fourth-order valence-electron chi connectivity index (χ4n) is 2.73. The van der Waals surface area contributed by atoms with Gasteiger partial charge in [-0.05, 0) is 35.9 Å². The van der Waals surface area contributed by atoms with Crippen molar-refractivity contribution >= 4 is 34.9 Å². The monoisotopic (exact) mass is 388 g/mol. The summed E-state index contributed by atoms with van der Waals surface area (Å²) in [6.07, 6.45) is 3.56. The molecule has 0 saturated heterocycles. The predicted molar refractivity (Wildman–Crippen MR) is 105 cm³/mol. The summed E-state index contributed by atoms with van der Waals surface area (Å²) in [7, 11) is 3.63. The number of aryl methyl sites for hydroxylation is 1. The van der Waals surface area contributed by atoms with Gasteiger partial charge < -0.3 is 14.8 Å². The number of hydrogen-bond acceptors (Lipinski definition) is 2. The maximum Gasteiger partial charge on any atom is 0.322 e. The summed E-state index contributed by atoms with van der Waals surface area (Å²) in [6, 6.07) is 13.8. The van der Waals surface area contributed by atoms with Crippen LogP contribution in [0, 0.1) is 0 Å². The van der Waals surface area contributed by atoms with E-state index in [-0.39, 0.29) is 12.1 Å². The molecule has 3 aromatic rings. The zero-order valence-electron chi connectivity index (χ0n) is 14.4. The largest absolute Gasteiger partial charge is 0.336 e. The molecule has 0 fully saturated rings. The molecule has 1 aromatic heterocycles. The first kappa shape index (κ1) is 18.3. The number of carbonyl (C=O) groups excluding carboxylic acids is 1. The summed E-state index contributed by atoms with van der Waals surface area (Å²) < 4.78 is 1.89. The molecule has 0 aliphatic carbocycles. The van der Waals surface area contributed by atoms with E-state index in [9.17, 15) is 4.79 Å².